The molecule has 0 saturated heterocycles. The van der Waals surface area contributed by atoms with Gasteiger partial charge in [-0.3, -0.25) is 28.8 Å². The van der Waals surface area contributed by atoms with Crippen molar-refractivity contribution >= 4 is 84.8 Å². The van der Waals surface area contributed by atoms with Gasteiger partial charge in [0.05, 0.1) is 0 Å². The van der Waals surface area contributed by atoms with Gasteiger partial charge < -0.3 is 65.3 Å². The van der Waals surface area contributed by atoms with Crippen LogP contribution in [0, 0.1) is 20.8 Å². The largest absolute Gasteiger partial charge is 0.361 e. The van der Waals surface area contributed by atoms with Crippen LogP contribution in [0.2, 0.25) is 0 Å². The summed E-state index contributed by atoms with van der Waals surface area (Å²) >= 11 is 0. The second-order valence-corrected chi connectivity index (χ2v) is 23.5. The van der Waals surface area contributed by atoms with Gasteiger partial charge in [0, 0.05) is 93.5 Å². The van der Waals surface area contributed by atoms with Crippen LogP contribution in [0.5, 0.6) is 0 Å². The van der Waals surface area contributed by atoms with Gasteiger partial charge in [0.15, 0.2) is 34.0 Å². The van der Waals surface area contributed by atoms with Crippen LogP contribution in [-0.4, -0.2) is 86.3 Å². The number of rotatable bonds is 30. The van der Waals surface area contributed by atoms with E-state index in [2.05, 4.69) is 30.9 Å². The molecular formula is C70H82N12O6. The summed E-state index contributed by atoms with van der Waals surface area (Å²) in [5.74, 6) is -3.68. The summed E-state index contributed by atoms with van der Waals surface area (Å²) in [6.07, 6.45) is 8.58. The van der Waals surface area contributed by atoms with E-state index >= 15 is 0 Å². The number of amides is 3. The Balaban J connectivity index is 0.990. The maximum absolute atomic E-state index is 14.4. The molecule has 0 aliphatic rings. The number of nitrogens with two attached hydrogens (primary N) is 6. The van der Waals surface area contributed by atoms with Crippen LogP contribution in [0.25, 0.3) is 32.7 Å². The summed E-state index contributed by atoms with van der Waals surface area (Å²) in [6, 6.07) is 39.2. The van der Waals surface area contributed by atoms with Crippen LogP contribution in [0.15, 0.2) is 146 Å². The highest BCUT2D eigenvalue weighted by atomic mass is 16.2. The third-order valence-electron chi connectivity index (χ3n) is 17.4. The van der Waals surface area contributed by atoms with Crippen LogP contribution in [0.3, 0.4) is 0 Å². The summed E-state index contributed by atoms with van der Waals surface area (Å²) in [5.41, 5.74) is 44.3. The highest BCUT2D eigenvalue weighted by Gasteiger charge is 2.44. The average molecular weight is 1190 g/mol. The number of carbonyl (C=O) groups excluding carboxylic acids is 6. The molecule has 0 saturated carbocycles. The Kier molecular flexibility index (Phi) is 20.1. The first-order valence-corrected chi connectivity index (χ1v) is 30.3. The van der Waals surface area contributed by atoms with Crippen LogP contribution in [0.4, 0.5) is 17.1 Å². The molecule has 9 rings (SSSR count). The third kappa shape index (κ3) is 13.8. The second kappa shape index (κ2) is 27.9. The molecule has 0 unspecified atom stereocenters. The first-order valence-electron chi connectivity index (χ1n) is 30.3. The van der Waals surface area contributed by atoms with E-state index in [0.717, 1.165) is 82.8 Å². The number of nitrogens with one attached hydrogen (secondary N) is 6. The number of benzene rings is 6. The van der Waals surface area contributed by atoms with E-state index < -0.39 is 57.6 Å². The molecule has 0 aliphatic carbocycles. The van der Waals surface area contributed by atoms with Crippen molar-refractivity contribution in [3.63, 3.8) is 0 Å². The smallest absolute Gasteiger partial charge is 0.252 e. The fourth-order valence-electron chi connectivity index (χ4n) is 11.9. The molecule has 9 aromatic rings. The molecule has 3 amide bonds. The number of hydrogen-bond acceptors (Lipinski definition) is 12. The van der Waals surface area contributed by atoms with Gasteiger partial charge in [-0.25, -0.2) is 0 Å². The standard InChI is InChI=1S/C70H82N12O6/c1-43-13-10-16-55-49(40-77-62(43)55)37-58(83)68(74,31-4-7-34-71)65(86)80-52-25-19-46(20-26-52)61(47-21-27-53(28-22-47)81-66(87)69(75,32-5-8-35-72)59(84)38-50-41-78-63-44(2)14-11-17-56(50)63)48-23-29-54(30-24-48)82-67(88)70(76,33-6-9-36-73)60(85)39-51-42-79-64-45(3)15-12-18-57(51)64/h10-30,40-42,61,77-79H,4-9,31-39,71-76H2,1-3H3,(H,80,86)(H,81,87)(H,82,88)/t68-,69-,70-/m0/s1. The van der Waals surface area contributed by atoms with Crippen molar-refractivity contribution in [1.29, 1.82) is 0 Å². The van der Waals surface area contributed by atoms with Gasteiger partial charge in [0.25, 0.3) is 17.7 Å². The SMILES string of the molecule is Cc1cccc2c(CC(=O)[C@@](N)(CCCCN)C(=O)Nc3ccc(C(c4ccc(NC(=O)[C@](N)(CCCCN)C(=O)Cc5c[nH]c6c(C)cccc56)cc4)c4ccc(NC(=O)[C@](N)(CCCCN)C(=O)Cc5c[nH]c6c(C)cccc56)cc4)cc3)c[nH]c12. The average Bonchev–Trinajstić information content (AvgIpc) is 2.29. The fourth-order valence-corrected chi connectivity index (χ4v) is 11.9. The van der Waals surface area contributed by atoms with Crippen LogP contribution >= 0.6 is 0 Å². The maximum Gasteiger partial charge on any atom is 0.252 e. The Labute approximate surface area is 512 Å². The van der Waals surface area contributed by atoms with E-state index in [-0.39, 0.29) is 38.5 Å². The number of ketones is 3. The van der Waals surface area contributed by atoms with Gasteiger partial charge in [-0.15, -0.1) is 0 Å². The molecule has 18 heteroatoms. The Morgan fingerprint density at radius 2 is 0.648 bits per heavy atom. The molecule has 18 N–H and O–H groups in total. The van der Waals surface area contributed by atoms with Crippen LogP contribution in [-0.2, 0) is 48.0 Å². The predicted molar refractivity (Wildman–Crippen MR) is 351 cm³/mol. The number of unbranched alkanes of at least 4 members (excludes halogenated alkanes) is 3. The third-order valence-corrected chi connectivity index (χ3v) is 17.4. The molecule has 0 bridgehead atoms. The number of aromatic amines is 3. The number of anilines is 3. The number of fused-ring (bicyclic) bond motifs is 3. The first-order chi connectivity index (χ1) is 42.3. The highest BCUT2D eigenvalue weighted by molar-refractivity contribution is 6.18. The number of H-pyrrole nitrogens is 3. The summed E-state index contributed by atoms with van der Waals surface area (Å²) in [6.45, 7) is 7.08. The molecular weight excluding hydrogens is 1100 g/mol. The summed E-state index contributed by atoms with van der Waals surface area (Å²) < 4.78 is 0. The van der Waals surface area contributed by atoms with Crippen LogP contribution < -0.4 is 50.4 Å². The van der Waals surface area contributed by atoms with Crippen molar-refractivity contribution < 1.29 is 28.8 Å². The first kappa shape index (κ1) is 63.6. The number of aromatic nitrogens is 3. The molecule has 88 heavy (non-hydrogen) atoms. The van der Waals surface area contributed by atoms with E-state index in [0.29, 0.717) is 75.2 Å². The molecule has 458 valence electrons. The number of carbonyl (C=O) groups is 6. The molecule has 3 heterocycles. The summed E-state index contributed by atoms with van der Waals surface area (Å²) in [7, 11) is 0. The molecule has 18 nitrogen and oxygen atoms in total. The lowest BCUT2D eigenvalue weighted by molar-refractivity contribution is -0.134. The lowest BCUT2D eigenvalue weighted by atomic mass is 9.83. The van der Waals surface area contributed by atoms with E-state index in [1.807, 2.05) is 112 Å². The fraction of sp³-hybridized carbons (Fsp3) is 0.314. The van der Waals surface area contributed by atoms with Gasteiger partial charge in [0.1, 0.15) is 0 Å². The number of aryl methyl sites for hydroxylation is 3. The molecule has 0 aliphatic heterocycles. The molecule has 3 atom stereocenters. The quantitative estimate of drug-likeness (QED) is 0.0114. The molecule has 6 aromatic carbocycles. The van der Waals surface area contributed by atoms with E-state index in [4.69, 9.17) is 34.4 Å². The maximum atomic E-state index is 14.4. The summed E-state index contributed by atoms with van der Waals surface area (Å²) in [5, 5.41) is 11.5. The normalized spacial score (nSPS) is 13.7. The Hall–Kier alpha value is -8.88. The zero-order chi connectivity index (χ0) is 62.8. The van der Waals surface area contributed by atoms with E-state index in [9.17, 15) is 28.8 Å². The van der Waals surface area contributed by atoms with Crippen molar-refractivity contribution in [3.05, 3.63) is 196 Å². The Bertz CT molecular complexity index is 3570. The molecule has 0 fully saturated rings. The molecule has 0 radical (unpaired) electrons. The van der Waals surface area contributed by atoms with Crippen molar-refractivity contribution in [1.82, 2.24) is 15.0 Å². The van der Waals surface area contributed by atoms with Crippen LogP contribution in [0.1, 0.15) is 114 Å². The van der Waals surface area contributed by atoms with Crippen molar-refractivity contribution in [2.24, 2.45) is 34.4 Å². The minimum absolute atomic E-state index is 0.0568. The number of hydrogen-bond donors (Lipinski definition) is 12. The van der Waals surface area contributed by atoms with Gasteiger partial charge in [-0.2, -0.15) is 0 Å². The Morgan fingerprint density at radius 1 is 0.386 bits per heavy atom. The van der Waals surface area contributed by atoms with Crippen molar-refractivity contribution in [2.75, 3.05) is 35.6 Å². The predicted octanol–water partition coefficient (Wildman–Crippen LogP) is 8.97. The topological polar surface area (TPSA) is 342 Å². The van der Waals surface area contributed by atoms with E-state index in [1.165, 1.54) is 0 Å². The highest BCUT2D eigenvalue weighted by Crippen LogP contribution is 2.36. The number of para-hydroxylation sites is 3. The van der Waals surface area contributed by atoms with Crippen molar-refractivity contribution in [2.45, 2.75) is 120 Å². The van der Waals surface area contributed by atoms with Gasteiger partial charge in [-0.1, -0.05) is 91.0 Å². The lowest BCUT2D eigenvalue weighted by Gasteiger charge is -2.28. The Morgan fingerprint density at radius 3 is 0.898 bits per heavy atom. The van der Waals surface area contributed by atoms with Gasteiger partial charge in [0.2, 0.25) is 0 Å². The van der Waals surface area contributed by atoms with Gasteiger partial charge in [-0.05, 0) is 185 Å². The minimum Gasteiger partial charge on any atom is -0.361 e. The monoisotopic (exact) mass is 1190 g/mol. The summed E-state index contributed by atoms with van der Waals surface area (Å²) in [4.78, 5) is 95.7. The molecule has 3 aromatic heterocycles. The van der Waals surface area contributed by atoms with Crippen molar-refractivity contribution in [3.8, 4) is 0 Å². The van der Waals surface area contributed by atoms with E-state index in [1.54, 1.807) is 55.0 Å². The molecule has 0 spiro atoms. The zero-order valence-electron chi connectivity index (χ0n) is 50.5. The number of Topliss-reactive ketones (excluding diaryl/α,β-unsaturated/α-hetero) is 3. The minimum atomic E-state index is -1.87. The second-order valence-electron chi connectivity index (χ2n) is 23.5. The lowest BCUT2D eigenvalue weighted by Crippen LogP contribution is -2.58. The van der Waals surface area contributed by atoms with Gasteiger partial charge >= 0.3 is 0 Å². The zero-order valence-corrected chi connectivity index (χ0v) is 50.5.